The number of hydrogen-bond acceptors (Lipinski definition) is 3. The zero-order valence-corrected chi connectivity index (χ0v) is 11.9. The summed E-state index contributed by atoms with van der Waals surface area (Å²) in [6, 6.07) is 8.04. The Morgan fingerprint density at radius 2 is 2.11 bits per heavy atom. The molecule has 0 heterocycles. The first-order valence-electron chi connectivity index (χ1n) is 6.99. The number of aliphatic hydroxyl groups is 2. The maximum atomic E-state index is 10.3. The minimum atomic E-state index is -0.492. The first-order chi connectivity index (χ1) is 9.20. The maximum Gasteiger partial charge on any atom is 0.0917 e. The van der Waals surface area contributed by atoms with E-state index in [1.807, 2.05) is 24.3 Å². The second-order valence-corrected chi connectivity index (χ2v) is 5.66. The molecule has 0 bridgehead atoms. The van der Waals surface area contributed by atoms with Crippen LogP contribution < -0.4 is 0 Å². The number of benzene rings is 1. The van der Waals surface area contributed by atoms with Crippen molar-refractivity contribution in [1.82, 2.24) is 4.90 Å². The molecular formula is C15H22ClNO2. The van der Waals surface area contributed by atoms with Crippen LogP contribution in [-0.4, -0.2) is 40.9 Å². The monoisotopic (exact) mass is 283 g/mol. The van der Waals surface area contributed by atoms with E-state index in [1.54, 1.807) is 0 Å². The quantitative estimate of drug-likeness (QED) is 0.721. The molecule has 1 aliphatic carbocycles. The summed E-state index contributed by atoms with van der Waals surface area (Å²) in [6.45, 7) is 1.84. The first-order valence-corrected chi connectivity index (χ1v) is 7.37. The number of halogens is 1. The van der Waals surface area contributed by atoms with Gasteiger partial charge in [0.15, 0.2) is 0 Å². The molecule has 1 unspecified atom stereocenters. The molecule has 0 amide bonds. The summed E-state index contributed by atoms with van der Waals surface area (Å²) >= 11 is 5.95. The van der Waals surface area contributed by atoms with E-state index >= 15 is 0 Å². The van der Waals surface area contributed by atoms with Crippen molar-refractivity contribution in [3.05, 3.63) is 34.9 Å². The Morgan fingerprint density at radius 1 is 1.32 bits per heavy atom. The number of rotatable bonds is 8. The first kappa shape index (κ1) is 14.8. The van der Waals surface area contributed by atoms with E-state index in [-0.39, 0.29) is 6.61 Å². The van der Waals surface area contributed by atoms with Crippen LogP contribution in [0.15, 0.2) is 24.3 Å². The van der Waals surface area contributed by atoms with Crippen LogP contribution in [0.1, 0.15) is 37.4 Å². The van der Waals surface area contributed by atoms with Crippen LogP contribution >= 0.6 is 11.6 Å². The molecular weight excluding hydrogens is 262 g/mol. The van der Waals surface area contributed by atoms with Crippen LogP contribution in [0.5, 0.6) is 0 Å². The molecule has 0 radical (unpaired) electrons. The maximum absolute atomic E-state index is 10.3. The Hall–Kier alpha value is -0.610. The van der Waals surface area contributed by atoms with Crippen LogP contribution in [-0.2, 0) is 0 Å². The summed E-state index contributed by atoms with van der Waals surface area (Å²) in [5.41, 5.74) is 0.875. The van der Waals surface area contributed by atoms with Crippen molar-refractivity contribution in [2.75, 3.05) is 19.7 Å². The van der Waals surface area contributed by atoms with Gasteiger partial charge in [0.1, 0.15) is 0 Å². The number of unbranched alkanes of at least 4 members (excludes halogenated alkanes) is 1. The van der Waals surface area contributed by atoms with E-state index in [9.17, 15) is 5.11 Å². The van der Waals surface area contributed by atoms with E-state index in [2.05, 4.69) is 4.90 Å². The molecule has 0 aromatic heterocycles. The van der Waals surface area contributed by atoms with Crippen molar-refractivity contribution in [3.63, 3.8) is 0 Å². The lowest BCUT2D eigenvalue weighted by molar-refractivity contribution is 0.106. The van der Waals surface area contributed by atoms with Gasteiger partial charge in [-0.05, 0) is 49.9 Å². The lowest BCUT2D eigenvalue weighted by Crippen LogP contribution is -2.32. The lowest BCUT2D eigenvalue weighted by Gasteiger charge is -2.25. The molecule has 1 saturated carbocycles. The van der Waals surface area contributed by atoms with E-state index in [0.717, 1.165) is 24.9 Å². The molecule has 4 heteroatoms. The second kappa shape index (κ2) is 7.25. The fourth-order valence-corrected chi connectivity index (χ4v) is 2.53. The molecule has 2 N–H and O–H groups in total. The highest BCUT2D eigenvalue weighted by atomic mass is 35.5. The molecule has 19 heavy (non-hydrogen) atoms. The number of nitrogens with zero attached hydrogens (tertiary/aromatic N) is 1. The topological polar surface area (TPSA) is 43.7 Å². The van der Waals surface area contributed by atoms with Gasteiger partial charge in [-0.1, -0.05) is 23.7 Å². The van der Waals surface area contributed by atoms with Gasteiger partial charge in [-0.2, -0.15) is 0 Å². The highest BCUT2D eigenvalue weighted by molar-refractivity contribution is 6.30. The largest absolute Gasteiger partial charge is 0.396 e. The van der Waals surface area contributed by atoms with Crippen LogP contribution in [0.2, 0.25) is 5.02 Å². The van der Waals surface area contributed by atoms with Gasteiger partial charge in [0.2, 0.25) is 0 Å². The average molecular weight is 284 g/mol. The molecule has 3 nitrogen and oxygen atoms in total. The summed E-state index contributed by atoms with van der Waals surface area (Å²) < 4.78 is 0. The molecule has 1 aliphatic rings. The summed E-state index contributed by atoms with van der Waals surface area (Å²) in [4.78, 5) is 2.33. The smallest absolute Gasteiger partial charge is 0.0917 e. The van der Waals surface area contributed by atoms with Crippen molar-refractivity contribution < 1.29 is 10.2 Å². The Morgan fingerprint density at radius 3 is 2.74 bits per heavy atom. The fraction of sp³-hybridized carbons (Fsp3) is 0.600. The van der Waals surface area contributed by atoms with Gasteiger partial charge in [-0.3, -0.25) is 4.90 Å². The minimum Gasteiger partial charge on any atom is -0.396 e. The molecule has 1 atom stereocenters. The van der Waals surface area contributed by atoms with Gasteiger partial charge in [0, 0.05) is 24.2 Å². The van der Waals surface area contributed by atoms with Crippen LogP contribution in [0, 0.1) is 0 Å². The predicted octanol–water partition coefficient (Wildman–Crippen LogP) is 2.61. The number of hydrogen-bond donors (Lipinski definition) is 2. The Labute approximate surface area is 119 Å². The third-order valence-electron chi connectivity index (χ3n) is 3.56. The van der Waals surface area contributed by atoms with Crippen molar-refractivity contribution in [2.24, 2.45) is 0 Å². The van der Waals surface area contributed by atoms with Gasteiger partial charge < -0.3 is 10.2 Å². The van der Waals surface area contributed by atoms with Gasteiger partial charge in [0.05, 0.1) is 6.10 Å². The molecule has 1 aromatic carbocycles. The van der Waals surface area contributed by atoms with Crippen LogP contribution in [0.4, 0.5) is 0 Å². The normalized spacial score (nSPS) is 16.8. The molecule has 106 valence electrons. The summed E-state index contributed by atoms with van der Waals surface area (Å²) in [7, 11) is 0. The Balaban J connectivity index is 1.89. The standard InChI is InChI=1S/C15H22ClNO2/c16-13-5-3-4-12(10-13)15(19)11-17(14-6-7-14)8-1-2-9-18/h3-5,10,14-15,18-19H,1-2,6-9,11H2. The molecule has 2 rings (SSSR count). The number of aliphatic hydroxyl groups excluding tert-OH is 2. The summed E-state index contributed by atoms with van der Waals surface area (Å²) in [6.07, 6.45) is 3.77. The average Bonchev–Trinajstić information content (AvgIpc) is 3.22. The lowest BCUT2D eigenvalue weighted by atomic mass is 10.1. The van der Waals surface area contributed by atoms with Gasteiger partial charge in [0.25, 0.3) is 0 Å². The predicted molar refractivity (Wildman–Crippen MR) is 77.3 cm³/mol. The third-order valence-corrected chi connectivity index (χ3v) is 3.79. The Bertz CT molecular complexity index is 395. The summed E-state index contributed by atoms with van der Waals surface area (Å²) in [5.74, 6) is 0. The minimum absolute atomic E-state index is 0.245. The van der Waals surface area contributed by atoms with E-state index < -0.39 is 6.10 Å². The second-order valence-electron chi connectivity index (χ2n) is 5.23. The van der Waals surface area contributed by atoms with Gasteiger partial charge in [-0.15, -0.1) is 0 Å². The van der Waals surface area contributed by atoms with Crippen molar-refractivity contribution in [3.8, 4) is 0 Å². The molecule has 0 aliphatic heterocycles. The SMILES string of the molecule is OCCCCN(CC(O)c1cccc(Cl)c1)C1CC1. The third kappa shape index (κ3) is 4.77. The van der Waals surface area contributed by atoms with Crippen molar-refractivity contribution in [1.29, 1.82) is 0 Å². The zero-order chi connectivity index (χ0) is 13.7. The zero-order valence-electron chi connectivity index (χ0n) is 11.1. The highest BCUT2D eigenvalue weighted by Crippen LogP contribution is 2.29. The van der Waals surface area contributed by atoms with E-state index in [1.165, 1.54) is 12.8 Å². The van der Waals surface area contributed by atoms with E-state index in [0.29, 0.717) is 17.6 Å². The van der Waals surface area contributed by atoms with Gasteiger partial charge in [-0.25, -0.2) is 0 Å². The van der Waals surface area contributed by atoms with Gasteiger partial charge >= 0.3 is 0 Å². The molecule has 0 spiro atoms. The fourth-order valence-electron chi connectivity index (χ4n) is 2.33. The van der Waals surface area contributed by atoms with Crippen LogP contribution in [0.25, 0.3) is 0 Å². The summed E-state index contributed by atoms with van der Waals surface area (Å²) in [5, 5.41) is 19.8. The molecule has 1 aromatic rings. The Kier molecular flexibility index (Phi) is 5.64. The highest BCUT2D eigenvalue weighted by Gasteiger charge is 2.30. The molecule has 1 fully saturated rings. The van der Waals surface area contributed by atoms with Crippen LogP contribution in [0.3, 0.4) is 0 Å². The van der Waals surface area contributed by atoms with E-state index in [4.69, 9.17) is 16.7 Å². The van der Waals surface area contributed by atoms with Crippen molar-refractivity contribution in [2.45, 2.75) is 37.8 Å². The molecule has 0 saturated heterocycles. The van der Waals surface area contributed by atoms with Crippen molar-refractivity contribution >= 4 is 11.6 Å².